The minimum atomic E-state index is -1.22. The minimum absolute atomic E-state index is 0.0250. The first kappa shape index (κ1) is 21.4. The molecule has 0 saturated heterocycles. The molecule has 2 aromatic carbocycles. The van der Waals surface area contributed by atoms with Crippen molar-refractivity contribution in [3.05, 3.63) is 71.7 Å². The van der Waals surface area contributed by atoms with Crippen molar-refractivity contribution in [1.29, 1.82) is 0 Å². The second-order valence-corrected chi connectivity index (χ2v) is 7.57. The average Bonchev–Trinajstić information content (AvgIpc) is 3.08. The largest absolute Gasteiger partial charge is 0.506 e. The molecule has 2 N–H and O–H groups in total. The number of benzene rings is 2. The topological polar surface area (TPSA) is 136 Å². The van der Waals surface area contributed by atoms with E-state index in [1.165, 1.54) is 24.5 Å². The fourth-order valence-electron chi connectivity index (χ4n) is 3.80. The Morgan fingerprint density at radius 1 is 1.00 bits per heavy atom. The molecular weight excluding hydrogens is 438 g/mol. The van der Waals surface area contributed by atoms with Gasteiger partial charge >= 0.3 is 6.01 Å². The first-order valence-corrected chi connectivity index (χ1v) is 10.5. The molecule has 10 heteroatoms. The lowest BCUT2D eigenvalue weighted by atomic mass is 9.97. The minimum Gasteiger partial charge on any atom is -0.506 e. The number of ketones is 2. The molecule has 0 saturated carbocycles. The fourth-order valence-corrected chi connectivity index (χ4v) is 3.80. The Morgan fingerprint density at radius 2 is 1.82 bits per heavy atom. The Labute approximate surface area is 193 Å². The van der Waals surface area contributed by atoms with Crippen LogP contribution in [0.2, 0.25) is 0 Å². The van der Waals surface area contributed by atoms with Gasteiger partial charge in [0.15, 0.2) is 11.6 Å². The third-order valence-electron chi connectivity index (χ3n) is 5.40. The number of Topliss-reactive ketones (excluding diaryl/α,β-unsaturated/α-hetero) is 2. The van der Waals surface area contributed by atoms with Gasteiger partial charge in [0.2, 0.25) is 5.95 Å². The number of nitrogens with one attached hydrogen (secondary N) is 1. The molecule has 170 valence electrons. The maximum Gasteiger partial charge on any atom is 0.326 e. The summed E-state index contributed by atoms with van der Waals surface area (Å²) in [5.74, 6) is -1.70. The molecule has 0 aliphatic heterocycles. The first-order chi connectivity index (χ1) is 16.5. The van der Waals surface area contributed by atoms with Gasteiger partial charge in [-0.1, -0.05) is 18.2 Å². The van der Waals surface area contributed by atoms with Crippen LogP contribution < -0.4 is 10.1 Å². The summed E-state index contributed by atoms with van der Waals surface area (Å²) >= 11 is 0. The van der Waals surface area contributed by atoms with E-state index in [0.29, 0.717) is 30.0 Å². The standard InChI is InChI=1S/C24H19N5O5/c1-33-9-8-25-23-26-12-27-24(29-23)34-14-6-7-15-16(11-14)22(32)19(21(15)31)20-18(30)10-13-4-2-3-5-17(13)28-20/h2-7,10-12,19,30H,8-9H2,1H3,(H,25,26,27,29). The number of hydrogen-bond acceptors (Lipinski definition) is 10. The maximum absolute atomic E-state index is 13.2. The third kappa shape index (κ3) is 3.90. The molecular formula is C24H19N5O5. The highest BCUT2D eigenvalue weighted by molar-refractivity contribution is 6.30. The molecule has 5 rings (SSSR count). The molecule has 4 aromatic rings. The smallest absolute Gasteiger partial charge is 0.326 e. The second-order valence-electron chi connectivity index (χ2n) is 7.57. The highest BCUT2D eigenvalue weighted by Crippen LogP contribution is 2.39. The van der Waals surface area contributed by atoms with Gasteiger partial charge in [0, 0.05) is 30.2 Å². The van der Waals surface area contributed by atoms with E-state index in [1.807, 2.05) is 6.07 Å². The summed E-state index contributed by atoms with van der Waals surface area (Å²) in [5.41, 5.74) is 1.06. The van der Waals surface area contributed by atoms with Crippen LogP contribution in [0, 0.1) is 0 Å². The molecule has 1 atom stereocenters. The Kier molecular flexibility index (Phi) is 5.56. The molecule has 0 spiro atoms. The van der Waals surface area contributed by atoms with Gasteiger partial charge in [-0.15, -0.1) is 0 Å². The molecule has 1 aliphatic carbocycles. The van der Waals surface area contributed by atoms with Crippen LogP contribution in [-0.2, 0) is 4.74 Å². The number of anilines is 1. The maximum atomic E-state index is 13.2. The molecule has 10 nitrogen and oxygen atoms in total. The van der Waals surface area contributed by atoms with E-state index in [4.69, 9.17) is 9.47 Å². The van der Waals surface area contributed by atoms with E-state index in [2.05, 4.69) is 25.3 Å². The van der Waals surface area contributed by atoms with Gasteiger partial charge < -0.3 is 19.9 Å². The zero-order valence-electron chi connectivity index (χ0n) is 18.1. The van der Waals surface area contributed by atoms with Crippen LogP contribution in [0.3, 0.4) is 0 Å². The number of rotatable bonds is 7. The number of fused-ring (bicyclic) bond motifs is 2. The molecule has 0 fully saturated rings. The Hall–Kier alpha value is -4.44. The molecule has 34 heavy (non-hydrogen) atoms. The average molecular weight is 457 g/mol. The Bertz CT molecular complexity index is 1420. The number of carbonyl (C=O) groups excluding carboxylic acids is 2. The zero-order chi connectivity index (χ0) is 23.7. The fraction of sp³-hybridized carbons (Fsp3) is 0.167. The normalized spacial score (nSPS) is 14.9. The summed E-state index contributed by atoms with van der Waals surface area (Å²) in [7, 11) is 1.59. The molecule has 1 unspecified atom stereocenters. The third-order valence-corrected chi connectivity index (χ3v) is 5.40. The summed E-state index contributed by atoms with van der Waals surface area (Å²) < 4.78 is 10.7. The number of carbonyl (C=O) groups is 2. The number of pyridine rings is 1. The van der Waals surface area contributed by atoms with Crippen LogP contribution >= 0.6 is 0 Å². The van der Waals surface area contributed by atoms with Gasteiger partial charge in [-0.05, 0) is 30.3 Å². The lowest BCUT2D eigenvalue weighted by molar-refractivity contribution is 0.0886. The van der Waals surface area contributed by atoms with E-state index in [1.54, 1.807) is 31.4 Å². The van der Waals surface area contributed by atoms with Crippen LogP contribution in [0.15, 0.2) is 54.9 Å². The van der Waals surface area contributed by atoms with E-state index in [9.17, 15) is 14.7 Å². The van der Waals surface area contributed by atoms with Crippen molar-refractivity contribution < 1.29 is 24.2 Å². The molecule has 0 amide bonds. The van der Waals surface area contributed by atoms with E-state index >= 15 is 0 Å². The monoisotopic (exact) mass is 457 g/mol. The number of methoxy groups -OCH3 is 1. The van der Waals surface area contributed by atoms with E-state index in [0.717, 1.165) is 0 Å². The van der Waals surface area contributed by atoms with Crippen LogP contribution in [0.5, 0.6) is 17.5 Å². The van der Waals surface area contributed by atoms with E-state index in [-0.39, 0.29) is 34.3 Å². The Morgan fingerprint density at radius 3 is 2.68 bits per heavy atom. The quantitative estimate of drug-likeness (QED) is 0.314. The molecule has 2 aromatic heterocycles. The summed E-state index contributed by atoms with van der Waals surface area (Å²) in [4.78, 5) is 42.8. The molecule has 0 bridgehead atoms. The first-order valence-electron chi connectivity index (χ1n) is 10.5. The lowest BCUT2D eigenvalue weighted by Gasteiger charge is -2.10. The van der Waals surface area contributed by atoms with Gasteiger partial charge in [0.05, 0.1) is 12.1 Å². The van der Waals surface area contributed by atoms with Gasteiger partial charge in [-0.3, -0.25) is 9.59 Å². The second kappa shape index (κ2) is 8.83. The summed E-state index contributed by atoms with van der Waals surface area (Å²) in [6.07, 6.45) is 1.30. The van der Waals surface area contributed by atoms with Crippen LogP contribution in [0.4, 0.5) is 5.95 Å². The van der Waals surface area contributed by atoms with Crippen molar-refractivity contribution in [2.24, 2.45) is 0 Å². The summed E-state index contributed by atoms with van der Waals surface area (Å²) in [6.45, 7) is 0.984. The predicted octanol–water partition coefficient (Wildman–Crippen LogP) is 3.14. The predicted molar refractivity (Wildman–Crippen MR) is 122 cm³/mol. The zero-order valence-corrected chi connectivity index (χ0v) is 18.1. The molecule has 2 heterocycles. The number of aromatic nitrogens is 4. The van der Waals surface area contributed by atoms with Crippen LogP contribution in [0.25, 0.3) is 10.9 Å². The van der Waals surface area contributed by atoms with Gasteiger partial charge in [-0.2, -0.15) is 9.97 Å². The van der Waals surface area contributed by atoms with Crippen LogP contribution in [0.1, 0.15) is 32.3 Å². The van der Waals surface area contributed by atoms with Crippen molar-refractivity contribution in [2.75, 3.05) is 25.6 Å². The number of hydrogen-bond donors (Lipinski definition) is 2. The highest BCUT2D eigenvalue weighted by Gasteiger charge is 2.42. The van der Waals surface area contributed by atoms with Crippen molar-refractivity contribution in [3.63, 3.8) is 0 Å². The number of para-hydroxylation sites is 1. The van der Waals surface area contributed by atoms with Gasteiger partial charge in [-0.25, -0.2) is 9.97 Å². The number of aromatic hydroxyl groups is 1. The summed E-state index contributed by atoms with van der Waals surface area (Å²) in [5, 5.41) is 14.2. The van der Waals surface area contributed by atoms with Gasteiger partial charge in [0.25, 0.3) is 0 Å². The van der Waals surface area contributed by atoms with Crippen molar-refractivity contribution >= 4 is 28.4 Å². The van der Waals surface area contributed by atoms with Gasteiger partial charge in [0.1, 0.15) is 29.4 Å². The highest BCUT2D eigenvalue weighted by atomic mass is 16.5. The number of ether oxygens (including phenoxy) is 2. The van der Waals surface area contributed by atoms with Crippen molar-refractivity contribution in [3.8, 4) is 17.5 Å². The van der Waals surface area contributed by atoms with Crippen LogP contribution in [-0.4, -0.2) is 56.9 Å². The van der Waals surface area contributed by atoms with Crippen molar-refractivity contribution in [1.82, 2.24) is 19.9 Å². The molecule has 0 radical (unpaired) electrons. The SMILES string of the molecule is COCCNc1ncnc(Oc2ccc3c(c2)C(=O)C(c2nc4ccccc4cc2O)C3=O)n1. The molecule has 1 aliphatic rings. The lowest BCUT2D eigenvalue weighted by Crippen LogP contribution is -2.14. The Balaban J connectivity index is 1.42. The van der Waals surface area contributed by atoms with Crippen molar-refractivity contribution in [2.45, 2.75) is 5.92 Å². The summed E-state index contributed by atoms with van der Waals surface area (Å²) in [6, 6.07) is 13.2. The van der Waals surface area contributed by atoms with E-state index < -0.39 is 17.5 Å². The number of nitrogens with zero attached hydrogens (tertiary/aromatic N) is 4.